The van der Waals surface area contributed by atoms with E-state index in [0.29, 0.717) is 5.11 Å². The van der Waals surface area contributed by atoms with Gasteiger partial charge in [0.05, 0.1) is 0 Å². The molecule has 0 saturated carbocycles. The first kappa shape index (κ1) is 16.3. The smallest absolute Gasteiger partial charge is 0.171 e. The van der Waals surface area contributed by atoms with Crippen molar-refractivity contribution < 1.29 is 0 Å². The molecule has 0 aromatic heterocycles. The first-order valence-corrected chi connectivity index (χ1v) is 7.21. The van der Waals surface area contributed by atoms with Gasteiger partial charge >= 0.3 is 0 Å². The van der Waals surface area contributed by atoms with E-state index in [0.717, 1.165) is 17.1 Å². The molecule has 106 valence electrons. The van der Waals surface area contributed by atoms with Gasteiger partial charge in [-0.3, -0.25) is 0 Å². The number of anilines is 1. The largest absolute Gasteiger partial charge is 0.358 e. The van der Waals surface area contributed by atoms with E-state index >= 15 is 0 Å². The van der Waals surface area contributed by atoms with Crippen molar-refractivity contribution >= 4 is 34.6 Å². The summed E-state index contributed by atoms with van der Waals surface area (Å²) in [5, 5.41) is 7.89. The number of hydrogen-bond acceptors (Lipinski definition) is 1. The minimum Gasteiger partial charge on any atom is -0.358 e. The second kappa shape index (κ2) is 6.10. The highest BCUT2D eigenvalue weighted by molar-refractivity contribution is 7.80. The van der Waals surface area contributed by atoms with Crippen LogP contribution in [0.25, 0.3) is 0 Å². The molecule has 19 heavy (non-hydrogen) atoms. The lowest BCUT2D eigenvalue weighted by molar-refractivity contribution is 0.268. The zero-order chi connectivity index (χ0) is 14.7. The van der Waals surface area contributed by atoms with Crippen LogP contribution in [0.5, 0.6) is 0 Å². The maximum absolute atomic E-state index is 5.85. The van der Waals surface area contributed by atoms with Crippen molar-refractivity contribution in [3.63, 3.8) is 0 Å². The topological polar surface area (TPSA) is 24.1 Å². The SMILES string of the molecule is CC(C)(C)CC(C)(C)NC(=S)Nc1ccc(Cl)cc1. The Morgan fingerprint density at radius 3 is 2.11 bits per heavy atom. The van der Waals surface area contributed by atoms with E-state index in [4.69, 9.17) is 23.8 Å². The first-order chi connectivity index (χ1) is 8.57. The average molecular weight is 299 g/mol. The van der Waals surface area contributed by atoms with Gasteiger partial charge in [0.25, 0.3) is 0 Å². The first-order valence-electron chi connectivity index (χ1n) is 6.42. The van der Waals surface area contributed by atoms with Gasteiger partial charge in [-0.2, -0.15) is 0 Å². The maximum atomic E-state index is 5.85. The van der Waals surface area contributed by atoms with Crippen molar-refractivity contribution in [1.82, 2.24) is 5.32 Å². The quantitative estimate of drug-likeness (QED) is 0.781. The van der Waals surface area contributed by atoms with E-state index in [-0.39, 0.29) is 11.0 Å². The molecular formula is C15H23ClN2S. The molecule has 0 unspecified atom stereocenters. The molecule has 1 rings (SSSR count). The minimum absolute atomic E-state index is 0.0469. The number of nitrogens with one attached hydrogen (secondary N) is 2. The third-order valence-corrected chi connectivity index (χ3v) is 2.98. The van der Waals surface area contributed by atoms with E-state index in [9.17, 15) is 0 Å². The summed E-state index contributed by atoms with van der Waals surface area (Å²) in [5.41, 5.74) is 1.15. The van der Waals surface area contributed by atoms with Crippen LogP contribution < -0.4 is 10.6 Å². The van der Waals surface area contributed by atoms with Gasteiger partial charge in [-0.05, 0) is 62.2 Å². The molecule has 4 heteroatoms. The van der Waals surface area contributed by atoms with E-state index in [1.807, 2.05) is 24.3 Å². The standard InChI is InChI=1S/C15H23ClN2S/c1-14(2,3)10-15(4,5)18-13(19)17-12-8-6-11(16)7-9-12/h6-9H,10H2,1-5H3,(H2,17,18,19). The second-order valence-corrected chi connectivity index (χ2v) is 7.55. The lowest BCUT2D eigenvalue weighted by Gasteiger charge is -2.34. The van der Waals surface area contributed by atoms with E-state index in [2.05, 4.69) is 45.3 Å². The molecule has 0 spiro atoms. The summed E-state index contributed by atoms with van der Waals surface area (Å²) in [5.74, 6) is 0. The molecule has 0 saturated heterocycles. The van der Waals surface area contributed by atoms with Crippen molar-refractivity contribution in [2.45, 2.75) is 46.6 Å². The molecule has 1 aromatic carbocycles. The Morgan fingerprint density at radius 1 is 1.11 bits per heavy atom. The Hall–Kier alpha value is -0.800. The highest BCUT2D eigenvalue weighted by Crippen LogP contribution is 2.26. The van der Waals surface area contributed by atoms with Gasteiger partial charge in [0.1, 0.15) is 0 Å². The lowest BCUT2D eigenvalue weighted by atomic mass is 9.82. The zero-order valence-corrected chi connectivity index (χ0v) is 13.9. The zero-order valence-electron chi connectivity index (χ0n) is 12.3. The fraction of sp³-hybridized carbons (Fsp3) is 0.533. The van der Waals surface area contributed by atoms with Gasteiger partial charge < -0.3 is 10.6 Å². The van der Waals surface area contributed by atoms with Crippen molar-refractivity contribution in [3.05, 3.63) is 29.3 Å². The molecule has 0 bridgehead atoms. The third-order valence-electron chi connectivity index (χ3n) is 2.53. The molecule has 0 heterocycles. The van der Waals surface area contributed by atoms with Crippen molar-refractivity contribution in [2.24, 2.45) is 5.41 Å². The fourth-order valence-corrected chi connectivity index (χ4v) is 2.89. The molecule has 0 aliphatic carbocycles. The Balaban J connectivity index is 2.57. The van der Waals surface area contributed by atoms with Crippen LogP contribution in [0.4, 0.5) is 5.69 Å². The van der Waals surface area contributed by atoms with Crippen LogP contribution in [0.2, 0.25) is 5.02 Å². The second-order valence-electron chi connectivity index (χ2n) is 6.71. The summed E-state index contributed by atoms with van der Waals surface area (Å²) in [6.45, 7) is 11.0. The van der Waals surface area contributed by atoms with Gasteiger partial charge in [0.15, 0.2) is 5.11 Å². The van der Waals surface area contributed by atoms with Crippen molar-refractivity contribution in [3.8, 4) is 0 Å². The predicted octanol–water partition coefficient (Wildman–Crippen LogP) is 4.84. The van der Waals surface area contributed by atoms with Crippen molar-refractivity contribution in [2.75, 3.05) is 5.32 Å². The highest BCUT2D eigenvalue weighted by Gasteiger charge is 2.25. The van der Waals surface area contributed by atoms with Crippen LogP contribution in [0.1, 0.15) is 41.0 Å². The molecular weight excluding hydrogens is 276 g/mol. The minimum atomic E-state index is -0.0469. The van der Waals surface area contributed by atoms with Crippen LogP contribution in [0.3, 0.4) is 0 Å². The Kier molecular flexibility index (Phi) is 5.22. The molecule has 0 aliphatic heterocycles. The van der Waals surface area contributed by atoms with E-state index in [1.165, 1.54) is 0 Å². The average Bonchev–Trinajstić information content (AvgIpc) is 2.16. The number of benzene rings is 1. The number of rotatable bonds is 3. The fourth-order valence-electron chi connectivity index (χ4n) is 2.37. The Bertz CT molecular complexity index is 432. The van der Waals surface area contributed by atoms with Crippen molar-refractivity contribution in [1.29, 1.82) is 0 Å². The third kappa shape index (κ3) is 6.79. The molecule has 0 aliphatic rings. The van der Waals surface area contributed by atoms with Gasteiger partial charge in [-0.15, -0.1) is 0 Å². The van der Waals surface area contributed by atoms with Gasteiger partial charge in [0, 0.05) is 16.2 Å². The molecule has 1 aromatic rings. The molecule has 0 atom stereocenters. The molecule has 0 radical (unpaired) electrons. The number of halogens is 1. The maximum Gasteiger partial charge on any atom is 0.171 e. The summed E-state index contributed by atoms with van der Waals surface area (Å²) in [6, 6.07) is 7.50. The van der Waals surface area contributed by atoms with Crippen LogP contribution in [-0.4, -0.2) is 10.7 Å². The van der Waals surface area contributed by atoms with Gasteiger partial charge in [-0.25, -0.2) is 0 Å². The predicted molar refractivity (Wildman–Crippen MR) is 89.0 cm³/mol. The summed E-state index contributed by atoms with van der Waals surface area (Å²) < 4.78 is 0. The summed E-state index contributed by atoms with van der Waals surface area (Å²) in [7, 11) is 0. The van der Waals surface area contributed by atoms with Crippen LogP contribution in [0.15, 0.2) is 24.3 Å². The monoisotopic (exact) mass is 298 g/mol. The van der Waals surface area contributed by atoms with Crippen LogP contribution in [0, 0.1) is 5.41 Å². The van der Waals surface area contributed by atoms with Crippen LogP contribution >= 0.6 is 23.8 Å². The lowest BCUT2D eigenvalue weighted by Crippen LogP contribution is -2.47. The molecule has 0 amide bonds. The van der Waals surface area contributed by atoms with E-state index < -0.39 is 0 Å². The summed E-state index contributed by atoms with van der Waals surface area (Å²) in [6.07, 6.45) is 1.03. The van der Waals surface area contributed by atoms with E-state index in [1.54, 1.807) is 0 Å². The number of thiocarbonyl (C=S) groups is 1. The van der Waals surface area contributed by atoms with Crippen LogP contribution in [-0.2, 0) is 0 Å². The summed E-state index contributed by atoms with van der Waals surface area (Å²) >= 11 is 11.2. The highest BCUT2D eigenvalue weighted by atomic mass is 35.5. The molecule has 2 N–H and O–H groups in total. The summed E-state index contributed by atoms with van der Waals surface area (Å²) in [4.78, 5) is 0. The molecule has 2 nitrogen and oxygen atoms in total. The molecule has 0 fully saturated rings. The normalized spacial score (nSPS) is 12.1. The van der Waals surface area contributed by atoms with Gasteiger partial charge in [0.2, 0.25) is 0 Å². The number of hydrogen-bond donors (Lipinski definition) is 2. The Morgan fingerprint density at radius 2 is 1.63 bits per heavy atom. The Labute approximate surface area is 126 Å². The van der Waals surface area contributed by atoms with Gasteiger partial charge in [-0.1, -0.05) is 32.4 Å².